The summed E-state index contributed by atoms with van der Waals surface area (Å²) in [5.74, 6) is 0.609. The summed E-state index contributed by atoms with van der Waals surface area (Å²) in [6.45, 7) is 1.29. The van der Waals surface area contributed by atoms with Crippen LogP contribution in [0.1, 0.15) is 43.7 Å². The number of nitrogens with one attached hydrogen (secondary N) is 1. The molecule has 11 nitrogen and oxygen atoms in total. The van der Waals surface area contributed by atoms with E-state index in [1.165, 1.54) is 20.1 Å². The number of hydrogen-bond acceptors (Lipinski definition) is 9. The minimum atomic E-state index is -1.23. The fourth-order valence-corrected chi connectivity index (χ4v) is 5.87. The number of methoxy groups -OCH3 is 2. The lowest BCUT2D eigenvalue weighted by molar-refractivity contribution is -0.138. The molecule has 2 amide bonds. The van der Waals surface area contributed by atoms with Gasteiger partial charge < -0.3 is 44.5 Å². The second-order valence-electron chi connectivity index (χ2n) is 10.5. The van der Waals surface area contributed by atoms with E-state index in [1.807, 2.05) is 46.9 Å². The molecule has 0 aliphatic heterocycles. The minimum Gasteiger partial charge on any atom is -0.497 e. The number of halogens is 1. The van der Waals surface area contributed by atoms with Gasteiger partial charge in [0.25, 0.3) is 0 Å². The molecule has 1 aliphatic carbocycles. The van der Waals surface area contributed by atoms with E-state index in [4.69, 9.17) is 14.2 Å². The molecule has 4 N–H and O–H groups in total. The van der Waals surface area contributed by atoms with Gasteiger partial charge >= 0.3 is 0 Å². The van der Waals surface area contributed by atoms with Crippen LogP contribution in [0.3, 0.4) is 0 Å². The Morgan fingerprint density at radius 2 is 1.84 bits per heavy atom. The monoisotopic (exact) mass is 724 g/mol. The summed E-state index contributed by atoms with van der Waals surface area (Å²) in [4.78, 5) is 40.0. The molecular weight excluding hydrogens is 683 g/mol. The molecule has 44 heavy (non-hydrogen) atoms. The van der Waals surface area contributed by atoms with Crippen molar-refractivity contribution in [2.75, 3.05) is 33.9 Å². The highest BCUT2D eigenvalue weighted by atomic mass is 127. The van der Waals surface area contributed by atoms with Crippen molar-refractivity contribution in [2.45, 2.75) is 63.9 Å². The number of carbonyl (C=O) groups is 3. The SMILES string of the molecule is COc1cccc(CCN(C(=O)CCCC(C)=O)[C@@H]2CC(C(=O)NCCO)=C[C@H](Oc3c(I)cc(CO)cc3OC)[C@H]2O)c1. The van der Waals surface area contributed by atoms with Crippen molar-refractivity contribution in [3.63, 3.8) is 0 Å². The maximum Gasteiger partial charge on any atom is 0.247 e. The molecule has 1 aliphatic rings. The standard InChI is InChI=1S/C32H41IN2O9/c1-20(38)6-4-9-29(39)35(12-10-21-7-5-8-24(14-21)42-2)26-17-23(32(41)34-11-13-36)18-27(30(26)40)44-31-25(33)15-22(19-37)16-28(31)43-3/h5,7-8,14-16,18,26-27,30,36-37,40H,4,6,9-13,17,19H2,1-3H3,(H,34,41)/t26-,27+,30+/m1/s1. The Bertz CT molecular complexity index is 1330. The van der Waals surface area contributed by atoms with Crippen LogP contribution in [0.25, 0.3) is 0 Å². The number of rotatable bonds is 16. The van der Waals surface area contributed by atoms with Crippen LogP contribution in [0.2, 0.25) is 0 Å². The Morgan fingerprint density at radius 1 is 1.07 bits per heavy atom. The second-order valence-corrected chi connectivity index (χ2v) is 11.7. The number of nitrogens with zero attached hydrogens (tertiary/aromatic N) is 1. The van der Waals surface area contributed by atoms with Gasteiger partial charge in [-0.25, -0.2) is 0 Å². The molecule has 0 bridgehead atoms. The van der Waals surface area contributed by atoms with Gasteiger partial charge in [-0.3, -0.25) is 9.59 Å². The van der Waals surface area contributed by atoms with E-state index in [-0.39, 0.29) is 57.3 Å². The fourth-order valence-electron chi connectivity index (χ4n) is 5.08. The van der Waals surface area contributed by atoms with E-state index in [0.29, 0.717) is 44.8 Å². The summed E-state index contributed by atoms with van der Waals surface area (Å²) >= 11 is 2.05. The minimum absolute atomic E-state index is 0.0200. The number of hydrogen-bond donors (Lipinski definition) is 4. The molecule has 0 spiro atoms. The summed E-state index contributed by atoms with van der Waals surface area (Å²) in [5, 5.41) is 33.3. The van der Waals surface area contributed by atoms with Crippen LogP contribution in [-0.4, -0.2) is 90.0 Å². The number of ketones is 1. The Hall–Kier alpha value is -3.20. The van der Waals surface area contributed by atoms with Crippen LogP contribution >= 0.6 is 22.6 Å². The van der Waals surface area contributed by atoms with Crippen molar-refractivity contribution in [3.05, 3.63) is 62.7 Å². The summed E-state index contributed by atoms with van der Waals surface area (Å²) in [7, 11) is 3.04. The third-order valence-electron chi connectivity index (χ3n) is 7.36. The van der Waals surface area contributed by atoms with Crippen molar-refractivity contribution < 1.29 is 43.9 Å². The molecule has 2 aromatic rings. The first-order valence-electron chi connectivity index (χ1n) is 14.4. The molecule has 0 radical (unpaired) electrons. The topological polar surface area (TPSA) is 155 Å². The van der Waals surface area contributed by atoms with Crippen LogP contribution < -0.4 is 19.5 Å². The number of benzene rings is 2. The van der Waals surface area contributed by atoms with Crippen molar-refractivity contribution in [1.29, 1.82) is 0 Å². The zero-order chi connectivity index (χ0) is 32.2. The molecule has 0 saturated heterocycles. The molecule has 3 rings (SSSR count). The fraction of sp³-hybridized carbons (Fsp3) is 0.469. The number of carbonyl (C=O) groups excluding carboxylic acids is 3. The molecular formula is C32H41IN2O9. The Morgan fingerprint density at radius 3 is 2.50 bits per heavy atom. The quantitative estimate of drug-likeness (QED) is 0.191. The van der Waals surface area contributed by atoms with E-state index in [2.05, 4.69) is 5.32 Å². The summed E-state index contributed by atoms with van der Waals surface area (Å²) in [6, 6.07) is 9.99. The second kappa shape index (κ2) is 17.3. The van der Waals surface area contributed by atoms with E-state index >= 15 is 0 Å². The molecule has 0 aromatic heterocycles. The molecule has 0 unspecified atom stereocenters. The third kappa shape index (κ3) is 9.65. The van der Waals surface area contributed by atoms with Crippen molar-refractivity contribution >= 4 is 40.2 Å². The number of ether oxygens (including phenoxy) is 3. The maximum absolute atomic E-state index is 13.7. The van der Waals surface area contributed by atoms with Gasteiger partial charge in [-0.1, -0.05) is 12.1 Å². The summed E-state index contributed by atoms with van der Waals surface area (Å²) in [6.07, 6.45) is 0.464. The molecule has 2 aromatic carbocycles. The summed E-state index contributed by atoms with van der Waals surface area (Å²) in [5.41, 5.74) is 1.83. The lowest BCUT2D eigenvalue weighted by atomic mass is 9.87. The average molecular weight is 725 g/mol. The predicted molar refractivity (Wildman–Crippen MR) is 172 cm³/mol. The largest absolute Gasteiger partial charge is 0.497 e. The first-order chi connectivity index (χ1) is 21.1. The van der Waals surface area contributed by atoms with Crippen molar-refractivity contribution in [3.8, 4) is 17.2 Å². The first kappa shape index (κ1) is 35.3. The van der Waals surface area contributed by atoms with E-state index in [0.717, 1.165) is 5.56 Å². The smallest absolute Gasteiger partial charge is 0.247 e. The van der Waals surface area contributed by atoms with Crippen molar-refractivity contribution in [1.82, 2.24) is 10.2 Å². The normalized spacial score (nSPS) is 17.8. The highest BCUT2D eigenvalue weighted by Crippen LogP contribution is 2.37. The van der Waals surface area contributed by atoms with Gasteiger partial charge in [-0.2, -0.15) is 0 Å². The number of aliphatic hydroxyl groups excluding tert-OH is 3. The lowest BCUT2D eigenvalue weighted by Crippen LogP contribution is -2.55. The lowest BCUT2D eigenvalue weighted by Gasteiger charge is -2.41. The first-order valence-corrected chi connectivity index (χ1v) is 15.5. The van der Waals surface area contributed by atoms with Gasteiger partial charge in [0.05, 0.1) is 37.0 Å². The van der Waals surface area contributed by atoms with Crippen LogP contribution in [0.5, 0.6) is 17.2 Å². The molecule has 3 atom stereocenters. The Labute approximate surface area is 271 Å². The summed E-state index contributed by atoms with van der Waals surface area (Å²) < 4.78 is 17.8. The van der Waals surface area contributed by atoms with E-state index < -0.39 is 24.2 Å². The number of aliphatic hydroxyl groups is 3. The molecule has 0 heterocycles. The van der Waals surface area contributed by atoms with E-state index in [9.17, 15) is 29.7 Å². The zero-order valence-corrected chi connectivity index (χ0v) is 27.4. The molecule has 0 fully saturated rings. The van der Waals surface area contributed by atoms with Crippen LogP contribution in [0.15, 0.2) is 48.0 Å². The van der Waals surface area contributed by atoms with Crippen molar-refractivity contribution in [2.24, 2.45) is 0 Å². The molecule has 240 valence electrons. The van der Waals surface area contributed by atoms with Crippen LogP contribution in [0.4, 0.5) is 0 Å². The molecule has 12 heteroatoms. The maximum atomic E-state index is 13.7. The van der Waals surface area contributed by atoms with Gasteiger partial charge in [0.15, 0.2) is 11.5 Å². The van der Waals surface area contributed by atoms with Gasteiger partial charge in [-0.15, -0.1) is 0 Å². The number of amides is 2. The third-order valence-corrected chi connectivity index (χ3v) is 8.16. The van der Waals surface area contributed by atoms with Gasteiger partial charge in [0, 0.05) is 37.9 Å². The number of Topliss-reactive ketones (excluding diaryl/α,β-unsaturated/α-hetero) is 1. The molecule has 0 saturated carbocycles. The Kier molecular flexibility index (Phi) is 13.9. The van der Waals surface area contributed by atoms with Gasteiger partial charge in [0.1, 0.15) is 23.7 Å². The van der Waals surface area contributed by atoms with Gasteiger partial charge in [-0.05, 0) is 83.8 Å². The Balaban J connectivity index is 1.99. The van der Waals surface area contributed by atoms with Crippen LogP contribution in [0, 0.1) is 3.57 Å². The average Bonchev–Trinajstić information content (AvgIpc) is 3.01. The van der Waals surface area contributed by atoms with Crippen LogP contribution in [-0.2, 0) is 27.4 Å². The van der Waals surface area contributed by atoms with E-state index in [1.54, 1.807) is 24.1 Å². The highest BCUT2D eigenvalue weighted by Gasteiger charge is 2.40. The predicted octanol–water partition coefficient (Wildman–Crippen LogP) is 2.55. The zero-order valence-electron chi connectivity index (χ0n) is 25.3. The highest BCUT2D eigenvalue weighted by molar-refractivity contribution is 14.1. The van der Waals surface area contributed by atoms with Gasteiger partial charge in [0.2, 0.25) is 11.8 Å².